The summed E-state index contributed by atoms with van der Waals surface area (Å²) in [5, 5.41) is 5.44. The first kappa shape index (κ1) is 24.3. The van der Waals surface area contributed by atoms with Crippen molar-refractivity contribution in [2.75, 3.05) is 20.8 Å². The third kappa shape index (κ3) is 8.01. The molecule has 2 atom stereocenters. The second-order valence-electron chi connectivity index (χ2n) is 7.40. The van der Waals surface area contributed by atoms with E-state index in [-0.39, 0.29) is 30.1 Å². The fourth-order valence-electron chi connectivity index (χ4n) is 2.62. The number of nitrogens with two attached hydrogens (primary N) is 1. The Morgan fingerprint density at radius 3 is 2.34 bits per heavy atom. The van der Waals surface area contributed by atoms with Crippen LogP contribution in [-0.4, -0.2) is 44.6 Å². The summed E-state index contributed by atoms with van der Waals surface area (Å²) in [5.41, 5.74) is 6.65. The van der Waals surface area contributed by atoms with E-state index in [0.29, 0.717) is 24.0 Å². The number of hydrogen-bond donors (Lipinski definition) is 3. The fourth-order valence-corrected chi connectivity index (χ4v) is 2.62. The highest BCUT2D eigenvalue weighted by molar-refractivity contribution is 5.98. The van der Waals surface area contributed by atoms with E-state index >= 15 is 0 Å². The number of carbonyl (C=O) groups excluding carboxylic acids is 2. The van der Waals surface area contributed by atoms with E-state index in [2.05, 4.69) is 15.6 Å². The average molecular weight is 407 g/mol. The van der Waals surface area contributed by atoms with Crippen LogP contribution in [0.15, 0.2) is 23.2 Å². The largest absolute Gasteiger partial charge is 0.493 e. The lowest BCUT2D eigenvalue weighted by atomic mass is 9.99. The molecule has 4 N–H and O–H groups in total. The molecule has 1 aromatic rings. The number of amides is 2. The van der Waals surface area contributed by atoms with Gasteiger partial charge in [-0.25, -0.2) is 4.99 Å². The Balaban J connectivity index is 2.81. The van der Waals surface area contributed by atoms with Crippen molar-refractivity contribution in [1.29, 1.82) is 0 Å². The Morgan fingerprint density at radius 2 is 1.79 bits per heavy atom. The zero-order valence-electron chi connectivity index (χ0n) is 18.2. The van der Waals surface area contributed by atoms with Gasteiger partial charge in [0, 0.05) is 6.54 Å². The molecule has 0 radical (unpaired) electrons. The third-order valence-corrected chi connectivity index (χ3v) is 4.49. The van der Waals surface area contributed by atoms with Crippen LogP contribution < -0.4 is 25.8 Å². The van der Waals surface area contributed by atoms with Crippen LogP contribution in [-0.2, 0) is 16.0 Å². The van der Waals surface area contributed by atoms with Crippen molar-refractivity contribution >= 4 is 17.8 Å². The van der Waals surface area contributed by atoms with E-state index in [9.17, 15) is 9.59 Å². The van der Waals surface area contributed by atoms with Crippen LogP contribution in [0.2, 0.25) is 0 Å². The Labute approximate surface area is 173 Å². The van der Waals surface area contributed by atoms with E-state index in [0.717, 1.165) is 12.0 Å². The summed E-state index contributed by atoms with van der Waals surface area (Å²) < 4.78 is 10.4. The van der Waals surface area contributed by atoms with Crippen molar-refractivity contribution in [2.24, 2.45) is 22.6 Å². The zero-order valence-corrected chi connectivity index (χ0v) is 18.2. The van der Waals surface area contributed by atoms with Crippen LogP contribution in [0.1, 0.15) is 39.7 Å². The van der Waals surface area contributed by atoms with Crippen molar-refractivity contribution in [3.63, 3.8) is 0 Å². The van der Waals surface area contributed by atoms with Crippen molar-refractivity contribution in [2.45, 2.75) is 46.6 Å². The van der Waals surface area contributed by atoms with Crippen LogP contribution in [0, 0.1) is 11.8 Å². The Morgan fingerprint density at radius 1 is 1.14 bits per heavy atom. The first-order valence-electron chi connectivity index (χ1n) is 9.83. The molecule has 0 aliphatic heterocycles. The second-order valence-corrected chi connectivity index (χ2v) is 7.40. The van der Waals surface area contributed by atoms with Gasteiger partial charge in [0.15, 0.2) is 17.5 Å². The average Bonchev–Trinajstić information content (AvgIpc) is 2.69. The molecule has 0 fully saturated rings. The molecule has 29 heavy (non-hydrogen) atoms. The van der Waals surface area contributed by atoms with Crippen molar-refractivity contribution < 1.29 is 19.1 Å². The number of guanidine groups is 1. The number of hydrogen-bond acceptors (Lipinski definition) is 5. The number of nitrogens with one attached hydrogen (secondary N) is 2. The summed E-state index contributed by atoms with van der Waals surface area (Å²) in [6.07, 6.45) is 0.847. The highest BCUT2D eigenvalue weighted by Crippen LogP contribution is 2.27. The third-order valence-electron chi connectivity index (χ3n) is 4.49. The summed E-state index contributed by atoms with van der Waals surface area (Å²) in [6.45, 7) is 8.51. The van der Waals surface area contributed by atoms with Crippen molar-refractivity contribution in [3.8, 4) is 11.5 Å². The smallest absolute Gasteiger partial charge is 0.245 e. The topological polar surface area (TPSA) is 115 Å². The van der Waals surface area contributed by atoms with Gasteiger partial charge in [0.25, 0.3) is 0 Å². The molecule has 2 amide bonds. The minimum Gasteiger partial charge on any atom is -0.493 e. The summed E-state index contributed by atoms with van der Waals surface area (Å²) in [6, 6.07) is 4.58. The highest BCUT2D eigenvalue weighted by atomic mass is 16.5. The highest BCUT2D eigenvalue weighted by Gasteiger charge is 2.24. The molecule has 2 unspecified atom stereocenters. The van der Waals surface area contributed by atoms with Crippen LogP contribution in [0.5, 0.6) is 11.5 Å². The number of carbonyl (C=O) groups is 2. The fraction of sp³-hybridized carbons (Fsp3) is 0.571. The van der Waals surface area contributed by atoms with E-state index < -0.39 is 6.04 Å². The SMILES string of the molecule is CCC(C)C(N=C(N)NC(=O)Cc1ccc(OC)c(OC)c1)C(=O)NCC(C)C. The van der Waals surface area contributed by atoms with Crippen molar-refractivity contribution in [3.05, 3.63) is 23.8 Å². The molecule has 0 aromatic heterocycles. The van der Waals surface area contributed by atoms with Gasteiger partial charge in [-0.3, -0.25) is 14.9 Å². The molecule has 0 bridgehead atoms. The number of benzene rings is 1. The maximum absolute atomic E-state index is 12.5. The first-order chi connectivity index (χ1) is 13.7. The van der Waals surface area contributed by atoms with Gasteiger partial charge < -0.3 is 20.5 Å². The van der Waals surface area contributed by atoms with Gasteiger partial charge in [-0.1, -0.05) is 40.2 Å². The molecule has 1 aromatic carbocycles. The first-order valence-corrected chi connectivity index (χ1v) is 9.83. The maximum atomic E-state index is 12.5. The molecule has 162 valence electrons. The Hall–Kier alpha value is -2.77. The summed E-state index contributed by atoms with van der Waals surface area (Å²) in [7, 11) is 3.08. The van der Waals surface area contributed by atoms with Crippen LogP contribution in [0.4, 0.5) is 0 Å². The molecular formula is C21H34N4O4. The summed E-state index contributed by atoms with van der Waals surface area (Å²) in [5.74, 6) is 0.858. The van der Waals surface area contributed by atoms with Gasteiger partial charge >= 0.3 is 0 Å². The molecule has 0 spiro atoms. The number of methoxy groups -OCH3 is 2. The molecule has 8 heteroatoms. The zero-order chi connectivity index (χ0) is 22.0. The van der Waals surface area contributed by atoms with Crippen LogP contribution in [0.3, 0.4) is 0 Å². The molecular weight excluding hydrogens is 372 g/mol. The molecule has 0 saturated carbocycles. The number of ether oxygens (including phenoxy) is 2. The lowest BCUT2D eigenvalue weighted by Gasteiger charge is -2.20. The Bertz CT molecular complexity index is 719. The van der Waals surface area contributed by atoms with Gasteiger partial charge in [-0.2, -0.15) is 0 Å². The van der Waals surface area contributed by atoms with Gasteiger partial charge in [-0.05, 0) is 29.5 Å². The normalized spacial score (nSPS) is 13.6. The standard InChI is InChI=1S/C21H34N4O4/c1-7-14(4)19(20(27)23-12-13(2)3)25-21(22)24-18(26)11-15-8-9-16(28-5)17(10-15)29-6/h8-10,13-14,19H,7,11-12H2,1-6H3,(H,23,27)(H3,22,24,25,26). The van der Waals surface area contributed by atoms with Crippen molar-refractivity contribution in [1.82, 2.24) is 10.6 Å². The van der Waals surface area contributed by atoms with E-state index in [4.69, 9.17) is 15.2 Å². The minimum atomic E-state index is -0.653. The van der Waals surface area contributed by atoms with Gasteiger partial charge in [0.1, 0.15) is 6.04 Å². The van der Waals surface area contributed by atoms with Gasteiger partial charge in [0.2, 0.25) is 11.8 Å². The molecule has 0 saturated heterocycles. The summed E-state index contributed by atoms with van der Waals surface area (Å²) >= 11 is 0. The van der Waals surface area contributed by atoms with E-state index in [1.54, 1.807) is 25.3 Å². The monoisotopic (exact) mass is 406 g/mol. The predicted molar refractivity (Wildman–Crippen MR) is 114 cm³/mol. The number of aliphatic imine (C=N–C) groups is 1. The Kier molecular flexibility index (Phi) is 9.99. The summed E-state index contributed by atoms with van der Waals surface area (Å²) in [4.78, 5) is 29.1. The second kappa shape index (κ2) is 11.9. The van der Waals surface area contributed by atoms with E-state index in [1.165, 1.54) is 7.11 Å². The molecule has 0 aliphatic rings. The lowest BCUT2D eigenvalue weighted by Crippen LogP contribution is -2.44. The molecule has 8 nitrogen and oxygen atoms in total. The van der Waals surface area contributed by atoms with Gasteiger partial charge in [0.05, 0.1) is 20.6 Å². The van der Waals surface area contributed by atoms with Gasteiger partial charge in [-0.15, -0.1) is 0 Å². The maximum Gasteiger partial charge on any atom is 0.245 e. The molecule has 1 rings (SSSR count). The number of nitrogens with zero attached hydrogens (tertiary/aromatic N) is 1. The quantitative estimate of drug-likeness (QED) is 0.405. The van der Waals surface area contributed by atoms with E-state index in [1.807, 2.05) is 27.7 Å². The number of rotatable bonds is 10. The van der Waals surface area contributed by atoms with Crippen LogP contribution in [0.25, 0.3) is 0 Å². The lowest BCUT2D eigenvalue weighted by molar-refractivity contribution is -0.123. The van der Waals surface area contributed by atoms with Crippen LogP contribution >= 0.6 is 0 Å². The molecule has 0 heterocycles. The predicted octanol–water partition coefficient (Wildman–Crippen LogP) is 1.86. The minimum absolute atomic E-state index is 0.0107. The molecule has 0 aliphatic carbocycles.